The number of fused-ring (bicyclic) bond motifs is 1. The Hall–Kier alpha value is -4.69. The smallest absolute Gasteiger partial charge is 0.150 e. The van der Waals surface area contributed by atoms with Crippen LogP contribution in [0.5, 0.6) is 0 Å². The molecule has 1 saturated heterocycles. The number of benzene rings is 3. The predicted molar refractivity (Wildman–Crippen MR) is 186 cm³/mol. The molecule has 0 amide bonds. The Morgan fingerprint density at radius 3 is 2.58 bits per heavy atom. The van der Waals surface area contributed by atoms with Crippen molar-refractivity contribution in [2.45, 2.75) is 38.0 Å². The van der Waals surface area contributed by atoms with Crippen LogP contribution in [0.4, 0.5) is 21.6 Å². The van der Waals surface area contributed by atoms with Gasteiger partial charge >= 0.3 is 0 Å². The van der Waals surface area contributed by atoms with Crippen molar-refractivity contribution in [3.63, 3.8) is 0 Å². The number of nitrogens with zero attached hydrogens (tertiary/aromatic N) is 3. The fourth-order valence-corrected chi connectivity index (χ4v) is 7.51. The van der Waals surface area contributed by atoms with Gasteiger partial charge in [0.25, 0.3) is 0 Å². The van der Waals surface area contributed by atoms with E-state index in [1.807, 2.05) is 59.4 Å². The second-order valence-corrected chi connectivity index (χ2v) is 14.5. The fourth-order valence-electron chi connectivity index (χ4n) is 5.92. The van der Waals surface area contributed by atoms with Gasteiger partial charge in [0.1, 0.15) is 18.0 Å². The number of hydrogen-bond donors (Lipinski definition) is 6. The first-order chi connectivity index (χ1) is 23.1. The van der Waals surface area contributed by atoms with Gasteiger partial charge in [-0.1, -0.05) is 12.1 Å². The minimum absolute atomic E-state index is 0.00971. The van der Waals surface area contributed by atoms with Gasteiger partial charge in [0.2, 0.25) is 0 Å². The van der Waals surface area contributed by atoms with Gasteiger partial charge in [0.05, 0.1) is 22.6 Å². The lowest BCUT2D eigenvalue weighted by Gasteiger charge is -2.32. The molecule has 0 radical (unpaired) electrons. The van der Waals surface area contributed by atoms with E-state index >= 15 is 0 Å². The summed E-state index contributed by atoms with van der Waals surface area (Å²) < 4.78 is 39.2. The highest BCUT2D eigenvalue weighted by molar-refractivity contribution is 7.91. The van der Waals surface area contributed by atoms with E-state index in [1.165, 1.54) is 24.7 Å². The summed E-state index contributed by atoms with van der Waals surface area (Å²) in [5, 5.41) is 39.3. The minimum Gasteiger partial charge on any atom is -0.396 e. The van der Waals surface area contributed by atoms with Crippen LogP contribution in [0.2, 0.25) is 0 Å². The molecule has 13 heteroatoms. The van der Waals surface area contributed by atoms with Gasteiger partial charge in [0.15, 0.2) is 9.84 Å². The minimum atomic E-state index is -3.08. The van der Waals surface area contributed by atoms with Crippen molar-refractivity contribution in [3.8, 4) is 5.69 Å². The number of anilines is 3. The highest BCUT2D eigenvalue weighted by atomic mass is 32.2. The zero-order valence-corrected chi connectivity index (χ0v) is 27.1. The Bertz CT molecular complexity index is 2040. The van der Waals surface area contributed by atoms with Crippen molar-refractivity contribution < 1.29 is 23.0 Å². The normalized spacial score (nSPS) is 15.3. The van der Waals surface area contributed by atoms with E-state index in [2.05, 4.69) is 25.9 Å². The van der Waals surface area contributed by atoms with Crippen molar-refractivity contribution in [1.82, 2.24) is 19.9 Å². The number of aliphatic hydroxyl groups excluding tert-OH is 1. The van der Waals surface area contributed by atoms with E-state index in [9.17, 15) is 23.0 Å². The average Bonchev–Trinajstić information content (AvgIpc) is 3.48. The summed E-state index contributed by atoms with van der Waals surface area (Å²) in [5.74, 6) is 0.272. The highest BCUT2D eigenvalue weighted by Gasteiger charge is 2.35. The molecule has 0 bridgehead atoms. The fraction of sp³-hybridized carbons (Fsp3) is 0.286. The number of sulfone groups is 1. The summed E-state index contributed by atoms with van der Waals surface area (Å²) in [6, 6.07) is 17.8. The van der Waals surface area contributed by atoms with Crippen LogP contribution in [0.3, 0.4) is 0 Å². The number of nitrogens with one attached hydrogen (secondary N) is 4. The molecule has 1 fully saturated rings. The van der Waals surface area contributed by atoms with Gasteiger partial charge < -0.3 is 36.1 Å². The summed E-state index contributed by atoms with van der Waals surface area (Å²) in [5.41, 5.74) is 5.37. The lowest BCUT2D eigenvalue weighted by Crippen LogP contribution is -2.46. The van der Waals surface area contributed by atoms with E-state index in [0.717, 1.165) is 44.7 Å². The van der Waals surface area contributed by atoms with Crippen molar-refractivity contribution in [3.05, 3.63) is 107 Å². The third-order valence-electron chi connectivity index (χ3n) is 8.67. The Kier molecular flexibility index (Phi) is 9.83. The number of aromatic nitrogens is 3. The summed E-state index contributed by atoms with van der Waals surface area (Å²) >= 11 is 0. The van der Waals surface area contributed by atoms with Gasteiger partial charge in [-0.3, -0.25) is 0 Å². The zero-order valence-electron chi connectivity index (χ0n) is 26.3. The van der Waals surface area contributed by atoms with Crippen LogP contribution in [0, 0.1) is 11.2 Å². The largest absolute Gasteiger partial charge is 0.396 e. The first-order valence-corrected chi connectivity index (χ1v) is 17.5. The number of aliphatic hydroxyl groups is 2. The standard InChI is InChI=1S/C35H38FN7O4S/c36-28-3-1-2-24(14-28)18-39-32-6-4-29(15-26(32)17-37)42-34-31-16-30(5-7-33(31)40-23-41-34)43-20-25(8-11-44)27(21-43)19-38-22-35(45)9-12-48(46,47)13-10-35/h1-7,14-17,20-21,23,37-39,44-45H,8-13,18-19,22H2,(H,40,41,42). The third-order valence-corrected chi connectivity index (χ3v) is 10.3. The van der Waals surface area contributed by atoms with Crippen molar-refractivity contribution >= 4 is 44.1 Å². The van der Waals surface area contributed by atoms with Gasteiger partial charge in [-0.05, 0) is 84.5 Å². The second-order valence-electron chi connectivity index (χ2n) is 12.1. The highest BCUT2D eigenvalue weighted by Crippen LogP contribution is 2.29. The van der Waals surface area contributed by atoms with Crippen LogP contribution in [0.1, 0.15) is 35.1 Å². The maximum absolute atomic E-state index is 13.6. The molecule has 2 aromatic heterocycles. The molecule has 6 rings (SSSR count). The molecular weight excluding hydrogens is 633 g/mol. The molecule has 3 aromatic carbocycles. The summed E-state index contributed by atoms with van der Waals surface area (Å²) in [6.45, 7) is 1.12. The first kappa shape index (κ1) is 33.2. The molecular formula is C35H38FN7O4S. The maximum Gasteiger partial charge on any atom is 0.150 e. The van der Waals surface area contributed by atoms with Crippen molar-refractivity contribution in [2.24, 2.45) is 0 Å². The second kappa shape index (κ2) is 14.2. The molecule has 6 N–H and O–H groups in total. The van der Waals surface area contributed by atoms with Crippen LogP contribution >= 0.6 is 0 Å². The Morgan fingerprint density at radius 1 is 1.00 bits per heavy atom. The molecule has 1 aliphatic heterocycles. The molecule has 0 atom stereocenters. The van der Waals surface area contributed by atoms with Gasteiger partial charge in [-0.2, -0.15) is 0 Å². The zero-order chi connectivity index (χ0) is 33.7. The van der Waals surface area contributed by atoms with Crippen LogP contribution < -0.4 is 16.0 Å². The number of halogens is 1. The predicted octanol–water partition coefficient (Wildman–Crippen LogP) is 4.48. The van der Waals surface area contributed by atoms with Gasteiger partial charge in [0, 0.05) is 72.9 Å². The summed E-state index contributed by atoms with van der Waals surface area (Å²) in [7, 11) is -3.08. The van der Waals surface area contributed by atoms with Crippen LogP contribution in [-0.2, 0) is 29.3 Å². The average molecular weight is 672 g/mol. The topological polar surface area (TPSA) is 165 Å². The molecule has 1 aliphatic rings. The van der Waals surface area contributed by atoms with Crippen LogP contribution in [0.15, 0.2) is 79.4 Å². The van der Waals surface area contributed by atoms with Crippen molar-refractivity contribution in [2.75, 3.05) is 35.3 Å². The maximum atomic E-state index is 13.6. The third kappa shape index (κ3) is 7.88. The molecule has 48 heavy (non-hydrogen) atoms. The SMILES string of the molecule is N=Cc1cc(Nc2ncnc3ccc(-n4cc(CCO)c(CNCC5(O)CCS(=O)(=O)CC5)c4)cc23)ccc1NCc1cccc(F)c1. The van der Waals surface area contributed by atoms with Crippen LogP contribution in [-0.4, -0.2) is 69.6 Å². The quantitative estimate of drug-likeness (QED) is 0.0991. The number of hydrogen-bond acceptors (Lipinski definition) is 10. The Morgan fingerprint density at radius 2 is 1.81 bits per heavy atom. The molecule has 0 aliphatic carbocycles. The van der Waals surface area contributed by atoms with E-state index in [1.54, 1.807) is 6.07 Å². The van der Waals surface area contributed by atoms with E-state index in [4.69, 9.17) is 5.41 Å². The molecule has 0 unspecified atom stereocenters. The lowest BCUT2D eigenvalue weighted by molar-refractivity contribution is 0.0303. The van der Waals surface area contributed by atoms with E-state index < -0.39 is 15.4 Å². The monoisotopic (exact) mass is 671 g/mol. The summed E-state index contributed by atoms with van der Waals surface area (Å²) in [4.78, 5) is 8.95. The van der Waals surface area contributed by atoms with E-state index in [0.29, 0.717) is 30.9 Å². The molecule has 0 saturated carbocycles. The van der Waals surface area contributed by atoms with Gasteiger partial charge in [-0.25, -0.2) is 22.8 Å². The molecule has 3 heterocycles. The Labute approximate surface area is 278 Å². The lowest BCUT2D eigenvalue weighted by atomic mass is 9.97. The molecule has 250 valence electrons. The molecule has 11 nitrogen and oxygen atoms in total. The molecule has 5 aromatic rings. The van der Waals surface area contributed by atoms with Gasteiger partial charge in [-0.15, -0.1) is 0 Å². The molecule has 0 spiro atoms. The first-order valence-electron chi connectivity index (χ1n) is 15.7. The summed E-state index contributed by atoms with van der Waals surface area (Å²) in [6.07, 6.45) is 7.59. The number of rotatable bonds is 13. The Balaban J connectivity index is 1.19. The van der Waals surface area contributed by atoms with E-state index in [-0.39, 0.29) is 43.3 Å². The van der Waals surface area contributed by atoms with Crippen molar-refractivity contribution in [1.29, 1.82) is 5.41 Å². The van der Waals surface area contributed by atoms with Crippen LogP contribution in [0.25, 0.3) is 16.6 Å².